The molecule has 13 heteroatoms. The third-order valence-corrected chi connectivity index (χ3v) is 5.36. The maximum absolute atomic E-state index is 13.0. The third kappa shape index (κ3) is 10.1. The zero-order chi connectivity index (χ0) is 25.8. The van der Waals surface area contributed by atoms with E-state index in [4.69, 9.17) is 15.9 Å². The number of hydrogen-bond acceptors (Lipinski definition) is 8. The minimum absolute atomic E-state index is 0.00540. The number of carbonyl (C=O) groups is 5. The Labute approximate surface area is 200 Å². The van der Waals surface area contributed by atoms with Gasteiger partial charge in [-0.15, -0.1) is 0 Å². The van der Waals surface area contributed by atoms with Crippen LogP contribution in [0.15, 0.2) is 24.3 Å². The van der Waals surface area contributed by atoms with Crippen molar-refractivity contribution < 1.29 is 39.3 Å². The molecular formula is C21H30N4O8S. The van der Waals surface area contributed by atoms with E-state index in [1.165, 1.54) is 30.8 Å². The number of aliphatic carboxylic acids is 2. The molecule has 0 saturated carbocycles. The predicted octanol–water partition coefficient (Wildman–Crippen LogP) is -0.951. The lowest BCUT2D eigenvalue weighted by atomic mass is 10.0. The minimum atomic E-state index is -1.37. The van der Waals surface area contributed by atoms with Crippen LogP contribution in [-0.4, -0.2) is 81.2 Å². The fraction of sp³-hybridized carbons (Fsp3) is 0.476. The summed E-state index contributed by atoms with van der Waals surface area (Å²) in [6.45, 7) is 1.27. The molecule has 4 atom stereocenters. The number of hydrogen-bond donors (Lipinski definition) is 7. The van der Waals surface area contributed by atoms with Crippen LogP contribution >= 0.6 is 11.8 Å². The molecule has 34 heavy (non-hydrogen) atoms. The number of benzene rings is 1. The number of aromatic hydroxyl groups is 1. The highest BCUT2D eigenvalue weighted by molar-refractivity contribution is 7.98. The molecule has 0 radical (unpaired) electrons. The Morgan fingerprint density at radius 3 is 2.03 bits per heavy atom. The van der Waals surface area contributed by atoms with Gasteiger partial charge in [0.2, 0.25) is 17.7 Å². The van der Waals surface area contributed by atoms with E-state index in [1.54, 1.807) is 18.4 Å². The van der Waals surface area contributed by atoms with Gasteiger partial charge in [-0.2, -0.15) is 11.8 Å². The van der Waals surface area contributed by atoms with E-state index in [-0.39, 0.29) is 18.6 Å². The van der Waals surface area contributed by atoms with E-state index >= 15 is 0 Å². The van der Waals surface area contributed by atoms with Gasteiger partial charge in [0.05, 0.1) is 12.5 Å². The van der Waals surface area contributed by atoms with Gasteiger partial charge in [0, 0.05) is 6.42 Å². The van der Waals surface area contributed by atoms with Crippen LogP contribution in [0, 0.1) is 0 Å². The Kier molecular flexibility index (Phi) is 11.9. The van der Waals surface area contributed by atoms with Crippen molar-refractivity contribution in [3.8, 4) is 5.75 Å². The van der Waals surface area contributed by atoms with Crippen molar-refractivity contribution in [1.82, 2.24) is 16.0 Å². The lowest BCUT2D eigenvalue weighted by Crippen LogP contribution is -2.57. The van der Waals surface area contributed by atoms with Crippen LogP contribution in [0.3, 0.4) is 0 Å². The van der Waals surface area contributed by atoms with Crippen molar-refractivity contribution in [2.24, 2.45) is 5.73 Å². The second kappa shape index (κ2) is 14.1. The van der Waals surface area contributed by atoms with Crippen molar-refractivity contribution in [2.75, 3.05) is 12.0 Å². The Balaban J connectivity index is 3.05. The van der Waals surface area contributed by atoms with Crippen LogP contribution in [0.4, 0.5) is 0 Å². The van der Waals surface area contributed by atoms with Crippen molar-refractivity contribution in [2.45, 2.75) is 50.4 Å². The fourth-order valence-electron chi connectivity index (χ4n) is 2.79. The predicted molar refractivity (Wildman–Crippen MR) is 124 cm³/mol. The summed E-state index contributed by atoms with van der Waals surface area (Å²) in [6, 6.07) is 1.00. The molecule has 1 aromatic rings. The summed E-state index contributed by atoms with van der Waals surface area (Å²) in [5, 5.41) is 34.6. The average molecular weight is 499 g/mol. The van der Waals surface area contributed by atoms with Crippen molar-refractivity contribution in [3.05, 3.63) is 29.8 Å². The van der Waals surface area contributed by atoms with Gasteiger partial charge < -0.3 is 37.0 Å². The molecule has 3 amide bonds. The Morgan fingerprint density at radius 2 is 1.50 bits per heavy atom. The number of carboxylic acid groups (broad SMARTS) is 2. The number of carbonyl (C=O) groups excluding carboxylic acids is 3. The maximum Gasteiger partial charge on any atom is 0.325 e. The molecule has 0 saturated heterocycles. The van der Waals surface area contributed by atoms with Gasteiger partial charge in [-0.05, 0) is 43.0 Å². The van der Waals surface area contributed by atoms with E-state index < -0.39 is 60.2 Å². The summed E-state index contributed by atoms with van der Waals surface area (Å²) in [7, 11) is 0. The topological polar surface area (TPSA) is 208 Å². The van der Waals surface area contributed by atoms with Crippen molar-refractivity contribution in [3.63, 3.8) is 0 Å². The second-order valence-electron chi connectivity index (χ2n) is 7.55. The van der Waals surface area contributed by atoms with Gasteiger partial charge in [-0.3, -0.25) is 24.0 Å². The molecule has 0 aliphatic rings. The van der Waals surface area contributed by atoms with E-state index in [2.05, 4.69) is 16.0 Å². The Bertz CT molecular complexity index is 880. The molecule has 1 rings (SSSR count). The van der Waals surface area contributed by atoms with Gasteiger partial charge in [-0.25, -0.2) is 0 Å². The number of thioether (sulfide) groups is 1. The first kappa shape index (κ1) is 28.7. The third-order valence-electron chi connectivity index (χ3n) is 4.71. The van der Waals surface area contributed by atoms with E-state index in [0.29, 0.717) is 11.3 Å². The van der Waals surface area contributed by atoms with Crippen molar-refractivity contribution in [1.29, 1.82) is 0 Å². The average Bonchev–Trinajstić information content (AvgIpc) is 2.76. The van der Waals surface area contributed by atoms with Gasteiger partial charge in [0.25, 0.3) is 0 Å². The highest BCUT2D eigenvalue weighted by Gasteiger charge is 2.29. The zero-order valence-corrected chi connectivity index (χ0v) is 19.6. The second-order valence-corrected chi connectivity index (χ2v) is 8.53. The SMILES string of the molecule is CSCC[C@H](NC(=O)[C@@H](N)CC(=O)O)C(=O)N[C@@H](Cc1ccc(O)cc1)C(=O)N[C@@H](C)C(=O)O. The summed E-state index contributed by atoms with van der Waals surface area (Å²) in [4.78, 5) is 59.9. The maximum atomic E-state index is 13.0. The van der Waals surface area contributed by atoms with Crippen LogP contribution in [0.2, 0.25) is 0 Å². The molecule has 188 valence electrons. The van der Waals surface area contributed by atoms with Gasteiger partial charge >= 0.3 is 11.9 Å². The monoisotopic (exact) mass is 498 g/mol. The molecule has 0 fully saturated rings. The normalized spacial score (nSPS) is 14.2. The number of carboxylic acids is 2. The summed E-state index contributed by atoms with van der Waals surface area (Å²) in [5.41, 5.74) is 6.15. The molecule has 0 bridgehead atoms. The molecule has 0 aliphatic carbocycles. The van der Waals surface area contributed by atoms with Crippen molar-refractivity contribution >= 4 is 41.4 Å². The summed E-state index contributed by atoms with van der Waals surface area (Å²) in [5.74, 6) is -4.36. The van der Waals surface area contributed by atoms with Gasteiger partial charge in [-0.1, -0.05) is 12.1 Å². The first-order valence-electron chi connectivity index (χ1n) is 10.3. The molecule has 0 unspecified atom stereocenters. The van der Waals surface area contributed by atoms with Crippen LogP contribution in [0.5, 0.6) is 5.75 Å². The standard InChI is InChI=1S/C21H30N4O8S/c1-11(21(32)33)23-20(31)16(9-12-3-5-13(26)6-4-12)25-19(30)15(7-8-34-2)24-18(29)14(22)10-17(27)28/h3-6,11,14-16,26H,7-10,22H2,1-2H3,(H,23,31)(H,24,29)(H,25,30)(H,27,28)(H,32,33)/t11-,14-,15-,16-/m0/s1. The number of amides is 3. The number of phenols is 1. The number of nitrogens with one attached hydrogen (secondary N) is 3. The molecule has 0 aliphatic heterocycles. The van der Waals surface area contributed by atoms with Crippen LogP contribution in [-0.2, 0) is 30.4 Å². The first-order valence-corrected chi connectivity index (χ1v) is 11.7. The largest absolute Gasteiger partial charge is 0.508 e. The van der Waals surface area contributed by atoms with E-state index in [9.17, 15) is 29.1 Å². The first-order chi connectivity index (χ1) is 15.9. The molecule has 0 heterocycles. The Hall–Kier alpha value is -3.32. The number of rotatable bonds is 14. The lowest BCUT2D eigenvalue weighted by molar-refractivity contribution is -0.141. The molecule has 8 N–H and O–H groups in total. The molecule has 0 aromatic heterocycles. The quantitative estimate of drug-likeness (QED) is 0.167. The van der Waals surface area contributed by atoms with Crippen LogP contribution in [0.25, 0.3) is 0 Å². The van der Waals surface area contributed by atoms with E-state index in [0.717, 1.165) is 0 Å². The van der Waals surface area contributed by atoms with Gasteiger partial charge in [0.1, 0.15) is 23.9 Å². The number of phenolic OH excluding ortho intramolecular Hbond substituents is 1. The van der Waals surface area contributed by atoms with E-state index in [1.807, 2.05) is 0 Å². The zero-order valence-electron chi connectivity index (χ0n) is 18.8. The minimum Gasteiger partial charge on any atom is -0.508 e. The molecule has 0 spiro atoms. The summed E-state index contributed by atoms with van der Waals surface area (Å²) < 4.78 is 0. The summed E-state index contributed by atoms with van der Waals surface area (Å²) >= 11 is 1.41. The molecule has 1 aromatic carbocycles. The summed E-state index contributed by atoms with van der Waals surface area (Å²) in [6.07, 6.45) is 1.33. The highest BCUT2D eigenvalue weighted by Crippen LogP contribution is 2.12. The van der Waals surface area contributed by atoms with Crippen LogP contribution in [0.1, 0.15) is 25.3 Å². The molecular weight excluding hydrogens is 468 g/mol. The van der Waals surface area contributed by atoms with Crippen LogP contribution < -0.4 is 21.7 Å². The van der Waals surface area contributed by atoms with Gasteiger partial charge in [0.15, 0.2) is 0 Å². The Morgan fingerprint density at radius 1 is 0.941 bits per heavy atom. The molecule has 12 nitrogen and oxygen atoms in total. The highest BCUT2D eigenvalue weighted by atomic mass is 32.2. The number of nitrogens with two attached hydrogens (primary N) is 1. The fourth-order valence-corrected chi connectivity index (χ4v) is 3.26. The smallest absolute Gasteiger partial charge is 0.325 e. The lowest BCUT2D eigenvalue weighted by Gasteiger charge is -2.24.